The van der Waals surface area contributed by atoms with E-state index in [1.165, 1.54) is 23.2 Å². The number of hydrogen-bond donors (Lipinski definition) is 3. The standard InChI is InChI=1S/C24H21ClF4N8O2/c25-14-8-31-21(35-20(14)30)12-7-17-13(6-15(12)26)23(39)37(10-32-17)5-1-2-16(11-3-4-11)34-18-9-33-36-22(38)19(18)24(27,28)29/h6-11,16H,1-5H2,(H2,30,31,35)(H2,34,36,38). The topological polar surface area (TPSA) is 144 Å². The molecular weight excluding hydrogens is 544 g/mol. The molecule has 39 heavy (non-hydrogen) atoms. The third-order valence-corrected chi connectivity index (χ3v) is 6.80. The van der Waals surface area contributed by atoms with Gasteiger partial charge < -0.3 is 11.1 Å². The van der Waals surface area contributed by atoms with Crippen molar-refractivity contribution < 1.29 is 17.6 Å². The number of benzene rings is 1. The predicted octanol–water partition coefficient (Wildman–Crippen LogP) is 4.00. The van der Waals surface area contributed by atoms with Gasteiger partial charge in [-0.2, -0.15) is 18.3 Å². The van der Waals surface area contributed by atoms with Crippen LogP contribution in [0.5, 0.6) is 0 Å². The summed E-state index contributed by atoms with van der Waals surface area (Å²) in [7, 11) is 0. The van der Waals surface area contributed by atoms with Gasteiger partial charge >= 0.3 is 6.18 Å². The first-order valence-electron chi connectivity index (χ1n) is 11.9. The van der Waals surface area contributed by atoms with Crippen molar-refractivity contribution in [2.45, 2.75) is 44.4 Å². The molecule has 1 aliphatic carbocycles. The van der Waals surface area contributed by atoms with Crippen LogP contribution in [0.2, 0.25) is 5.02 Å². The summed E-state index contributed by atoms with van der Waals surface area (Å²) in [5.74, 6) is -0.641. The lowest BCUT2D eigenvalue weighted by molar-refractivity contribution is -0.138. The zero-order valence-corrected chi connectivity index (χ0v) is 20.9. The Labute approximate surface area is 222 Å². The molecular formula is C24H21ClF4N8O2. The minimum Gasteiger partial charge on any atom is -0.382 e. The zero-order chi connectivity index (χ0) is 27.9. The number of alkyl halides is 3. The number of aryl methyl sites for hydroxylation is 1. The number of fused-ring (bicyclic) bond motifs is 1. The number of rotatable bonds is 8. The average molecular weight is 565 g/mol. The lowest BCUT2D eigenvalue weighted by atomic mass is 10.1. The van der Waals surface area contributed by atoms with Gasteiger partial charge in [0.1, 0.15) is 22.2 Å². The summed E-state index contributed by atoms with van der Waals surface area (Å²) in [5, 5.41) is 8.32. The summed E-state index contributed by atoms with van der Waals surface area (Å²) in [6, 6.07) is 2.04. The van der Waals surface area contributed by atoms with Crippen molar-refractivity contribution in [3.63, 3.8) is 0 Å². The highest BCUT2D eigenvalue weighted by molar-refractivity contribution is 6.32. The monoisotopic (exact) mass is 564 g/mol. The molecule has 15 heteroatoms. The minimum atomic E-state index is -4.85. The average Bonchev–Trinajstić information content (AvgIpc) is 3.71. The highest BCUT2D eigenvalue weighted by Crippen LogP contribution is 2.38. The molecule has 1 aliphatic rings. The quantitative estimate of drug-likeness (QED) is 0.272. The summed E-state index contributed by atoms with van der Waals surface area (Å²) in [4.78, 5) is 37.0. The van der Waals surface area contributed by atoms with E-state index in [0.29, 0.717) is 12.8 Å². The van der Waals surface area contributed by atoms with E-state index >= 15 is 0 Å². The number of nitrogens with zero attached hydrogens (tertiary/aromatic N) is 5. The number of aromatic amines is 1. The van der Waals surface area contributed by atoms with Gasteiger partial charge in [0.15, 0.2) is 5.82 Å². The van der Waals surface area contributed by atoms with E-state index in [4.69, 9.17) is 17.3 Å². The van der Waals surface area contributed by atoms with Gasteiger partial charge in [-0.05, 0) is 43.7 Å². The maximum absolute atomic E-state index is 14.9. The molecule has 1 saturated carbocycles. The molecule has 4 N–H and O–H groups in total. The smallest absolute Gasteiger partial charge is 0.382 e. The number of hydrogen-bond acceptors (Lipinski definition) is 8. The van der Waals surface area contributed by atoms with Crippen LogP contribution >= 0.6 is 11.6 Å². The Morgan fingerprint density at radius 2 is 1.97 bits per heavy atom. The van der Waals surface area contributed by atoms with Crippen LogP contribution < -0.4 is 22.2 Å². The Morgan fingerprint density at radius 3 is 2.67 bits per heavy atom. The number of H-pyrrole nitrogens is 1. The van der Waals surface area contributed by atoms with Crippen LogP contribution in [0.4, 0.5) is 29.1 Å². The number of halogens is 5. The van der Waals surface area contributed by atoms with Crippen molar-refractivity contribution in [3.05, 3.63) is 68.0 Å². The molecule has 1 aromatic carbocycles. The van der Waals surface area contributed by atoms with Gasteiger partial charge in [-0.15, -0.1) is 0 Å². The van der Waals surface area contributed by atoms with E-state index in [1.807, 2.05) is 5.10 Å². The molecule has 4 aromatic rings. The number of nitrogens with two attached hydrogens (primary N) is 1. The summed E-state index contributed by atoms with van der Waals surface area (Å²) >= 11 is 5.83. The van der Waals surface area contributed by atoms with E-state index in [1.54, 1.807) is 0 Å². The van der Waals surface area contributed by atoms with Crippen molar-refractivity contribution in [2.75, 3.05) is 11.1 Å². The molecule has 10 nitrogen and oxygen atoms in total. The second-order valence-electron chi connectivity index (χ2n) is 9.24. The predicted molar refractivity (Wildman–Crippen MR) is 136 cm³/mol. The first-order chi connectivity index (χ1) is 18.5. The minimum absolute atomic E-state index is 0.00123. The van der Waals surface area contributed by atoms with Gasteiger partial charge in [0, 0.05) is 12.6 Å². The van der Waals surface area contributed by atoms with Crippen LogP contribution in [0.3, 0.4) is 0 Å². The summed E-state index contributed by atoms with van der Waals surface area (Å²) in [6.45, 7) is 0.201. The van der Waals surface area contributed by atoms with E-state index in [-0.39, 0.29) is 57.3 Å². The van der Waals surface area contributed by atoms with Crippen LogP contribution in [-0.2, 0) is 12.7 Å². The maximum atomic E-state index is 14.9. The van der Waals surface area contributed by atoms with Gasteiger partial charge in [-0.1, -0.05) is 11.6 Å². The van der Waals surface area contributed by atoms with Gasteiger partial charge in [-0.3, -0.25) is 14.2 Å². The first-order valence-corrected chi connectivity index (χ1v) is 12.3. The van der Waals surface area contributed by atoms with Crippen molar-refractivity contribution in [1.82, 2.24) is 29.7 Å². The number of anilines is 2. The molecule has 5 rings (SSSR count). The zero-order valence-electron chi connectivity index (χ0n) is 20.1. The molecule has 3 aromatic heterocycles. The normalized spacial score (nSPS) is 14.5. The van der Waals surface area contributed by atoms with Crippen LogP contribution in [0.15, 0.2) is 40.4 Å². The first kappa shape index (κ1) is 26.5. The fourth-order valence-corrected chi connectivity index (χ4v) is 4.51. The van der Waals surface area contributed by atoms with Crippen molar-refractivity contribution in [1.29, 1.82) is 0 Å². The lowest BCUT2D eigenvalue weighted by Crippen LogP contribution is -2.30. The summed E-state index contributed by atoms with van der Waals surface area (Å²) in [6.07, 6.45) is 1.16. The lowest BCUT2D eigenvalue weighted by Gasteiger charge is -2.21. The third kappa shape index (κ3) is 5.55. The van der Waals surface area contributed by atoms with Gasteiger partial charge in [0.2, 0.25) is 0 Å². The third-order valence-electron chi connectivity index (χ3n) is 6.51. The number of nitrogens with one attached hydrogen (secondary N) is 2. The molecule has 0 aliphatic heterocycles. The van der Waals surface area contributed by atoms with Crippen molar-refractivity contribution in [3.8, 4) is 11.4 Å². The van der Waals surface area contributed by atoms with Crippen LogP contribution in [0, 0.1) is 11.7 Å². The van der Waals surface area contributed by atoms with E-state index in [9.17, 15) is 27.2 Å². The SMILES string of the molecule is Nc1nc(-c2cc3ncn(CCCC(Nc4cn[nH]c(=O)c4C(F)(F)F)C4CC4)c(=O)c3cc2F)ncc1Cl. The Morgan fingerprint density at radius 1 is 1.21 bits per heavy atom. The molecule has 3 heterocycles. The molecule has 0 amide bonds. The molecule has 1 unspecified atom stereocenters. The fourth-order valence-electron chi connectivity index (χ4n) is 4.41. The van der Waals surface area contributed by atoms with Crippen LogP contribution in [0.1, 0.15) is 31.2 Å². The Hall–Kier alpha value is -4.07. The summed E-state index contributed by atoms with van der Waals surface area (Å²) in [5.41, 5.74) is 2.40. The van der Waals surface area contributed by atoms with Crippen LogP contribution in [0.25, 0.3) is 22.3 Å². The fraction of sp³-hybridized carbons (Fsp3) is 0.333. The second-order valence-corrected chi connectivity index (χ2v) is 9.64. The van der Waals surface area contributed by atoms with E-state index in [2.05, 4.69) is 25.4 Å². The van der Waals surface area contributed by atoms with E-state index < -0.39 is 28.7 Å². The highest BCUT2D eigenvalue weighted by Gasteiger charge is 2.39. The van der Waals surface area contributed by atoms with Gasteiger partial charge in [0.05, 0.1) is 40.9 Å². The molecule has 0 radical (unpaired) electrons. The molecule has 0 spiro atoms. The Bertz CT molecular complexity index is 1670. The highest BCUT2D eigenvalue weighted by atomic mass is 35.5. The van der Waals surface area contributed by atoms with E-state index in [0.717, 1.165) is 25.1 Å². The van der Waals surface area contributed by atoms with Crippen molar-refractivity contribution >= 4 is 34.0 Å². The molecule has 1 fully saturated rings. The summed E-state index contributed by atoms with van der Waals surface area (Å²) < 4.78 is 56.5. The number of aromatic nitrogens is 6. The Kier molecular flexibility index (Phi) is 6.97. The molecule has 204 valence electrons. The number of nitrogen functional groups attached to an aromatic ring is 1. The van der Waals surface area contributed by atoms with Gasteiger partial charge in [-0.25, -0.2) is 24.4 Å². The second kappa shape index (κ2) is 10.2. The van der Waals surface area contributed by atoms with Crippen molar-refractivity contribution in [2.24, 2.45) is 5.92 Å². The largest absolute Gasteiger partial charge is 0.423 e. The molecule has 1 atom stereocenters. The van der Waals surface area contributed by atoms with Gasteiger partial charge in [0.25, 0.3) is 11.1 Å². The molecule has 0 saturated heterocycles. The maximum Gasteiger partial charge on any atom is 0.423 e. The Balaban J connectivity index is 1.33. The van der Waals surface area contributed by atoms with Crippen LogP contribution in [-0.4, -0.2) is 35.8 Å². The molecule has 0 bridgehead atoms.